The largest absolute Gasteiger partial charge is 0.387 e. The summed E-state index contributed by atoms with van der Waals surface area (Å²) in [5.74, 6) is -0.460. The molecule has 1 aliphatic heterocycles. The van der Waals surface area contributed by atoms with Gasteiger partial charge in [-0.1, -0.05) is 42.4 Å². The van der Waals surface area contributed by atoms with Crippen LogP contribution in [0.2, 0.25) is 0 Å². The van der Waals surface area contributed by atoms with E-state index in [2.05, 4.69) is 5.16 Å². The lowest BCUT2D eigenvalue weighted by molar-refractivity contribution is -0.134. The maximum absolute atomic E-state index is 11.4. The highest BCUT2D eigenvalue weighted by molar-refractivity contribution is 6.01. The van der Waals surface area contributed by atoms with Crippen LogP contribution in [0.15, 0.2) is 35.5 Å². The zero-order chi connectivity index (χ0) is 12.3. The van der Waals surface area contributed by atoms with E-state index in [1.54, 1.807) is 0 Å². The summed E-state index contributed by atoms with van der Waals surface area (Å²) in [7, 11) is 0. The molecule has 1 N–H and O–H groups in total. The Morgan fingerprint density at radius 3 is 2.76 bits per heavy atom. The molecule has 1 heterocycles. The van der Waals surface area contributed by atoms with Gasteiger partial charge >= 0.3 is 0 Å². The van der Waals surface area contributed by atoms with Crippen molar-refractivity contribution in [3.8, 4) is 0 Å². The number of aliphatic hydroxyl groups is 1. The first-order valence-electron chi connectivity index (χ1n) is 5.63. The van der Waals surface area contributed by atoms with Crippen molar-refractivity contribution in [1.82, 2.24) is 0 Å². The van der Waals surface area contributed by atoms with Crippen molar-refractivity contribution in [2.45, 2.75) is 19.4 Å². The molecule has 1 aromatic carbocycles. The van der Waals surface area contributed by atoms with Gasteiger partial charge in [0.2, 0.25) is 5.78 Å². The summed E-state index contributed by atoms with van der Waals surface area (Å²) in [5, 5.41) is 13.7. The van der Waals surface area contributed by atoms with Crippen LogP contribution in [0.3, 0.4) is 0 Å². The van der Waals surface area contributed by atoms with Gasteiger partial charge in [0.05, 0.1) is 5.71 Å². The number of Topliss-reactive ketones (excluding diaryl/α,β-unsaturated/α-hetero) is 1. The molecule has 2 atom stereocenters. The van der Waals surface area contributed by atoms with Gasteiger partial charge in [0.25, 0.3) is 0 Å². The van der Waals surface area contributed by atoms with Crippen LogP contribution in [0.1, 0.15) is 18.9 Å². The molecule has 0 aliphatic carbocycles. The van der Waals surface area contributed by atoms with Gasteiger partial charge in [-0.2, -0.15) is 0 Å². The van der Waals surface area contributed by atoms with E-state index in [1.807, 2.05) is 37.3 Å². The van der Waals surface area contributed by atoms with Crippen LogP contribution in [0, 0.1) is 5.92 Å². The van der Waals surface area contributed by atoms with Crippen LogP contribution >= 0.6 is 0 Å². The molecule has 4 nitrogen and oxygen atoms in total. The Labute approximate surface area is 99.9 Å². The van der Waals surface area contributed by atoms with Gasteiger partial charge in [0.1, 0.15) is 6.10 Å². The smallest absolute Gasteiger partial charge is 0.201 e. The van der Waals surface area contributed by atoms with E-state index in [9.17, 15) is 9.90 Å². The number of carbonyl (C=O) groups excluding carboxylic acids is 1. The lowest BCUT2D eigenvalue weighted by Gasteiger charge is -2.20. The number of aliphatic hydroxyl groups excluding tert-OH is 1. The van der Waals surface area contributed by atoms with Gasteiger partial charge in [-0.25, -0.2) is 0 Å². The quantitative estimate of drug-likeness (QED) is 0.797. The van der Waals surface area contributed by atoms with Crippen molar-refractivity contribution in [2.24, 2.45) is 11.1 Å². The number of nitrogens with zero attached hydrogens (tertiary/aromatic N) is 1. The maximum atomic E-state index is 11.4. The van der Waals surface area contributed by atoms with E-state index in [1.165, 1.54) is 0 Å². The summed E-state index contributed by atoms with van der Waals surface area (Å²) in [6.07, 6.45) is -0.444. The van der Waals surface area contributed by atoms with E-state index in [4.69, 9.17) is 4.84 Å². The molecule has 0 radical (unpaired) electrons. The average Bonchev–Trinajstić information content (AvgIpc) is 2.36. The molecule has 0 spiro atoms. The molecule has 0 saturated carbocycles. The van der Waals surface area contributed by atoms with Crippen molar-refractivity contribution in [3.63, 3.8) is 0 Å². The summed E-state index contributed by atoms with van der Waals surface area (Å²) >= 11 is 0. The first kappa shape index (κ1) is 11.8. The second-order valence-electron chi connectivity index (χ2n) is 4.27. The SMILES string of the molecule is CC1C/C(c2ccccc2)=N\OCC(=O)C1O. The number of hydrogen-bond donors (Lipinski definition) is 1. The number of hydrogen-bond acceptors (Lipinski definition) is 4. The number of rotatable bonds is 1. The van der Waals surface area contributed by atoms with Gasteiger partial charge in [0.15, 0.2) is 6.61 Å². The Kier molecular flexibility index (Phi) is 3.54. The molecular formula is C13H15NO3. The molecule has 0 saturated heterocycles. The van der Waals surface area contributed by atoms with Gasteiger partial charge in [-0.3, -0.25) is 4.79 Å². The van der Waals surface area contributed by atoms with Crippen molar-refractivity contribution < 1.29 is 14.7 Å². The second-order valence-corrected chi connectivity index (χ2v) is 4.27. The number of ketones is 1. The van der Waals surface area contributed by atoms with Crippen LogP contribution in [0.4, 0.5) is 0 Å². The maximum Gasteiger partial charge on any atom is 0.201 e. The van der Waals surface area contributed by atoms with Crippen molar-refractivity contribution >= 4 is 11.5 Å². The van der Waals surface area contributed by atoms with E-state index in [0.717, 1.165) is 11.3 Å². The Hall–Kier alpha value is -1.68. The molecular weight excluding hydrogens is 218 g/mol. The van der Waals surface area contributed by atoms with Gasteiger partial charge < -0.3 is 9.94 Å². The number of carbonyl (C=O) groups is 1. The first-order chi connectivity index (χ1) is 8.18. The Balaban J connectivity index is 2.24. The van der Waals surface area contributed by atoms with E-state index < -0.39 is 6.10 Å². The third-order valence-electron chi connectivity index (χ3n) is 2.87. The topological polar surface area (TPSA) is 58.9 Å². The molecule has 90 valence electrons. The monoisotopic (exact) mass is 233 g/mol. The fourth-order valence-corrected chi connectivity index (χ4v) is 1.83. The second kappa shape index (κ2) is 5.10. The predicted octanol–water partition coefficient (Wildman–Crippen LogP) is 1.38. The summed E-state index contributed by atoms with van der Waals surface area (Å²) in [5.41, 5.74) is 1.73. The zero-order valence-corrected chi connectivity index (χ0v) is 9.67. The fourth-order valence-electron chi connectivity index (χ4n) is 1.83. The van der Waals surface area contributed by atoms with Crippen LogP contribution in [0.5, 0.6) is 0 Å². The van der Waals surface area contributed by atoms with Gasteiger partial charge in [-0.05, 0) is 17.9 Å². The highest BCUT2D eigenvalue weighted by Gasteiger charge is 2.26. The number of oxime groups is 1. The van der Waals surface area contributed by atoms with Crippen LogP contribution in [-0.4, -0.2) is 29.3 Å². The average molecular weight is 233 g/mol. The standard InChI is InChI=1S/C13H15NO3/c1-9-7-11(10-5-3-2-4-6-10)14-17-8-12(15)13(9)16/h2-6,9,13,16H,7-8H2,1H3/b14-11+. The van der Waals surface area contributed by atoms with Crippen molar-refractivity contribution in [2.75, 3.05) is 6.61 Å². The lowest BCUT2D eigenvalue weighted by Crippen LogP contribution is -2.33. The third kappa shape index (κ3) is 2.71. The molecule has 1 aliphatic rings. The van der Waals surface area contributed by atoms with Crippen molar-refractivity contribution in [3.05, 3.63) is 35.9 Å². The molecule has 0 fully saturated rings. The molecule has 0 aromatic heterocycles. The highest BCUT2D eigenvalue weighted by Crippen LogP contribution is 2.17. The minimum Gasteiger partial charge on any atom is -0.387 e. The van der Waals surface area contributed by atoms with E-state index >= 15 is 0 Å². The number of benzene rings is 1. The molecule has 2 unspecified atom stereocenters. The zero-order valence-electron chi connectivity index (χ0n) is 9.67. The Bertz CT molecular complexity index is 428. The molecule has 17 heavy (non-hydrogen) atoms. The highest BCUT2D eigenvalue weighted by atomic mass is 16.6. The van der Waals surface area contributed by atoms with Crippen LogP contribution < -0.4 is 0 Å². The Morgan fingerprint density at radius 1 is 1.35 bits per heavy atom. The predicted molar refractivity (Wildman–Crippen MR) is 63.7 cm³/mol. The normalized spacial score (nSPS) is 28.6. The van der Waals surface area contributed by atoms with Gasteiger partial charge in [-0.15, -0.1) is 0 Å². The van der Waals surface area contributed by atoms with E-state index in [-0.39, 0.29) is 18.3 Å². The van der Waals surface area contributed by atoms with Crippen LogP contribution in [0.25, 0.3) is 0 Å². The fraction of sp³-hybridized carbons (Fsp3) is 0.385. The minimum atomic E-state index is -0.968. The molecule has 0 bridgehead atoms. The molecule has 2 rings (SSSR count). The van der Waals surface area contributed by atoms with Crippen LogP contribution in [-0.2, 0) is 9.63 Å². The van der Waals surface area contributed by atoms with Crippen molar-refractivity contribution in [1.29, 1.82) is 0 Å². The minimum absolute atomic E-state index is 0.148. The van der Waals surface area contributed by atoms with E-state index in [0.29, 0.717) is 6.42 Å². The lowest BCUT2D eigenvalue weighted by atomic mass is 9.92. The molecule has 1 aromatic rings. The summed E-state index contributed by atoms with van der Waals surface area (Å²) in [4.78, 5) is 16.3. The van der Waals surface area contributed by atoms with Gasteiger partial charge in [0, 0.05) is 0 Å². The molecule has 4 heteroatoms. The first-order valence-corrected chi connectivity index (χ1v) is 5.63. The Morgan fingerprint density at radius 2 is 2.06 bits per heavy atom. The third-order valence-corrected chi connectivity index (χ3v) is 2.87. The summed E-state index contributed by atoms with van der Waals surface area (Å²) in [6.45, 7) is 1.67. The summed E-state index contributed by atoms with van der Waals surface area (Å²) in [6, 6.07) is 9.64. The molecule has 0 amide bonds. The summed E-state index contributed by atoms with van der Waals surface area (Å²) < 4.78 is 0.